The molecule has 1 aliphatic rings. The Balaban J connectivity index is 1.29. The molecule has 0 spiro atoms. The van der Waals surface area contributed by atoms with Crippen molar-refractivity contribution in [1.82, 2.24) is 25.1 Å². The molecule has 152 valence electrons. The fourth-order valence-corrected chi connectivity index (χ4v) is 4.24. The van der Waals surface area contributed by atoms with E-state index in [0.717, 1.165) is 41.7 Å². The lowest BCUT2D eigenvalue weighted by molar-refractivity contribution is 0.0733. The number of imidazole rings is 1. The van der Waals surface area contributed by atoms with Gasteiger partial charge >= 0.3 is 0 Å². The first-order valence-corrected chi connectivity index (χ1v) is 10.2. The summed E-state index contributed by atoms with van der Waals surface area (Å²) in [6, 6.07) is 15.7. The molecule has 1 fully saturated rings. The van der Waals surface area contributed by atoms with Gasteiger partial charge in [-0.05, 0) is 43.5 Å². The molecule has 1 N–H and O–H groups in total. The standard InChI is InChI=1S/C23H23N5O2/c1-14-26-27-22(30-14)17-11-12-18(13-17)28(2)23(29)16-9-7-15(8-10-16)21-24-19-5-3-4-6-20(19)25-21/h3-10,17-18H,11-13H2,1-2H3,(H,24,25)/t17-,18+/m0/s1. The molecule has 2 heterocycles. The molecule has 7 nitrogen and oxygen atoms in total. The number of aromatic amines is 1. The number of benzene rings is 2. The van der Waals surface area contributed by atoms with E-state index in [1.54, 1.807) is 6.92 Å². The second kappa shape index (κ2) is 7.40. The van der Waals surface area contributed by atoms with E-state index in [0.29, 0.717) is 17.3 Å². The molecule has 2 aromatic heterocycles. The van der Waals surface area contributed by atoms with Crippen LogP contribution >= 0.6 is 0 Å². The van der Waals surface area contributed by atoms with Crippen molar-refractivity contribution in [2.45, 2.75) is 38.1 Å². The first-order valence-electron chi connectivity index (χ1n) is 10.2. The topological polar surface area (TPSA) is 87.9 Å². The minimum atomic E-state index is 0.0264. The van der Waals surface area contributed by atoms with Gasteiger partial charge in [0.05, 0.1) is 11.0 Å². The van der Waals surface area contributed by atoms with Crippen LogP contribution in [0.5, 0.6) is 0 Å². The van der Waals surface area contributed by atoms with Crippen LogP contribution in [0.1, 0.15) is 47.3 Å². The van der Waals surface area contributed by atoms with Gasteiger partial charge in [0.25, 0.3) is 5.91 Å². The fourth-order valence-electron chi connectivity index (χ4n) is 4.24. The third kappa shape index (κ3) is 3.36. The maximum absolute atomic E-state index is 13.0. The van der Waals surface area contributed by atoms with Crippen molar-refractivity contribution in [3.63, 3.8) is 0 Å². The van der Waals surface area contributed by atoms with Gasteiger partial charge in [-0.15, -0.1) is 10.2 Å². The second-order valence-electron chi connectivity index (χ2n) is 7.92. The van der Waals surface area contributed by atoms with E-state index in [-0.39, 0.29) is 17.9 Å². The van der Waals surface area contributed by atoms with E-state index in [4.69, 9.17) is 4.42 Å². The number of carbonyl (C=O) groups excluding carboxylic acids is 1. The number of hydrogen-bond acceptors (Lipinski definition) is 5. The normalized spacial score (nSPS) is 18.7. The van der Waals surface area contributed by atoms with Crippen molar-refractivity contribution >= 4 is 16.9 Å². The summed E-state index contributed by atoms with van der Waals surface area (Å²) in [6.07, 6.45) is 2.74. The highest BCUT2D eigenvalue weighted by Gasteiger charge is 2.33. The second-order valence-corrected chi connectivity index (χ2v) is 7.92. The van der Waals surface area contributed by atoms with Gasteiger partial charge in [0, 0.05) is 37.1 Å². The van der Waals surface area contributed by atoms with Crippen molar-refractivity contribution in [3.05, 3.63) is 65.9 Å². The van der Waals surface area contributed by atoms with Crippen LogP contribution in [0.15, 0.2) is 52.9 Å². The summed E-state index contributed by atoms with van der Waals surface area (Å²) in [4.78, 5) is 22.8. The molecule has 0 saturated heterocycles. The smallest absolute Gasteiger partial charge is 0.253 e. The lowest BCUT2D eigenvalue weighted by atomic mass is 10.1. The average molecular weight is 401 g/mol. The van der Waals surface area contributed by atoms with Crippen LogP contribution < -0.4 is 0 Å². The number of H-pyrrole nitrogens is 1. The molecule has 0 unspecified atom stereocenters. The molecule has 0 bridgehead atoms. The monoisotopic (exact) mass is 401 g/mol. The number of aryl methyl sites for hydroxylation is 1. The van der Waals surface area contributed by atoms with Gasteiger partial charge in [-0.1, -0.05) is 24.3 Å². The summed E-state index contributed by atoms with van der Waals surface area (Å²) in [6.45, 7) is 1.80. The summed E-state index contributed by atoms with van der Waals surface area (Å²) in [5.74, 6) is 2.32. The Morgan fingerprint density at radius 2 is 1.90 bits per heavy atom. The predicted molar refractivity (Wildman–Crippen MR) is 113 cm³/mol. The third-order valence-corrected chi connectivity index (χ3v) is 5.96. The summed E-state index contributed by atoms with van der Waals surface area (Å²) >= 11 is 0. The molecule has 2 aromatic carbocycles. The van der Waals surface area contributed by atoms with E-state index >= 15 is 0 Å². The van der Waals surface area contributed by atoms with E-state index in [9.17, 15) is 4.79 Å². The van der Waals surface area contributed by atoms with E-state index < -0.39 is 0 Å². The number of para-hydroxylation sites is 2. The van der Waals surface area contributed by atoms with Crippen LogP contribution in [-0.4, -0.2) is 44.1 Å². The summed E-state index contributed by atoms with van der Waals surface area (Å²) in [7, 11) is 1.88. The largest absolute Gasteiger partial charge is 0.425 e. The molecule has 5 rings (SSSR count). The zero-order valence-corrected chi connectivity index (χ0v) is 17.0. The van der Waals surface area contributed by atoms with Crippen molar-refractivity contribution in [3.8, 4) is 11.4 Å². The molecule has 1 aliphatic carbocycles. The SMILES string of the molecule is Cc1nnc([C@H]2CC[C@@H](N(C)C(=O)c3ccc(-c4nc5ccccc5[nH]4)cc3)C2)o1. The number of fused-ring (bicyclic) bond motifs is 1. The number of amides is 1. The van der Waals surface area contributed by atoms with E-state index in [1.165, 1.54) is 0 Å². The quantitative estimate of drug-likeness (QED) is 0.550. The molecule has 0 radical (unpaired) electrons. The molecule has 1 saturated carbocycles. The molecule has 1 amide bonds. The van der Waals surface area contributed by atoms with Crippen LogP contribution in [0.2, 0.25) is 0 Å². The third-order valence-electron chi connectivity index (χ3n) is 5.96. The van der Waals surface area contributed by atoms with Crippen molar-refractivity contribution in [2.75, 3.05) is 7.05 Å². The highest BCUT2D eigenvalue weighted by atomic mass is 16.4. The number of hydrogen-bond donors (Lipinski definition) is 1. The van der Waals surface area contributed by atoms with Crippen LogP contribution in [0.4, 0.5) is 0 Å². The summed E-state index contributed by atoms with van der Waals surface area (Å²) in [5.41, 5.74) is 3.56. The maximum Gasteiger partial charge on any atom is 0.253 e. The first kappa shape index (κ1) is 18.5. The lowest BCUT2D eigenvalue weighted by Gasteiger charge is -2.24. The Labute approximate surface area is 174 Å². The van der Waals surface area contributed by atoms with Gasteiger partial charge in [0.2, 0.25) is 11.8 Å². The van der Waals surface area contributed by atoms with Crippen molar-refractivity contribution in [2.24, 2.45) is 0 Å². The molecule has 4 aromatic rings. The summed E-state index contributed by atoms with van der Waals surface area (Å²) < 4.78 is 5.58. The Bertz CT molecular complexity index is 1160. The molecule has 0 aliphatic heterocycles. The summed E-state index contributed by atoms with van der Waals surface area (Å²) in [5, 5.41) is 8.08. The Morgan fingerprint density at radius 3 is 2.63 bits per heavy atom. The van der Waals surface area contributed by atoms with Gasteiger partial charge in [0.15, 0.2) is 0 Å². The zero-order chi connectivity index (χ0) is 20.7. The van der Waals surface area contributed by atoms with E-state index in [2.05, 4.69) is 20.2 Å². The highest BCUT2D eigenvalue weighted by Crippen LogP contribution is 2.36. The molecule has 2 atom stereocenters. The predicted octanol–water partition coefficient (Wildman–Crippen LogP) is 4.33. The fraction of sp³-hybridized carbons (Fsp3) is 0.304. The van der Waals surface area contributed by atoms with Gasteiger partial charge in [-0.3, -0.25) is 4.79 Å². The molecular formula is C23H23N5O2. The molecule has 30 heavy (non-hydrogen) atoms. The van der Waals surface area contributed by atoms with E-state index in [1.807, 2.05) is 60.5 Å². The minimum Gasteiger partial charge on any atom is -0.425 e. The van der Waals surface area contributed by atoms with Crippen LogP contribution in [0.3, 0.4) is 0 Å². The minimum absolute atomic E-state index is 0.0264. The number of nitrogens with zero attached hydrogens (tertiary/aromatic N) is 4. The van der Waals surface area contributed by atoms with Gasteiger partial charge in [0.1, 0.15) is 5.82 Å². The Kier molecular flexibility index (Phi) is 4.58. The van der Waals surface area contributed by atoms with Crippen LogP contribution in [0, 0.1) is 6.92 Å². The average Bonchev–Trinajstić information content (AvgIpc) is 3.51. The highest BCUT2D eigenvalue weighted by molar-refractivity contribution is 5.94. The van der Waals surface area contributed by atoms with Crippen LogP contribution in [0.25, 0.3) is 22.4 Å². The number of aromatic nitrogens is 4. The number of nitrogens with one attached hydrogen (secondary N) is 1. The molecule has 7 heteroatoms. The maximum atomic E-state index is 13.0. The lowest BCUT2D eigenvalue weighted by Crippen LogP contribution is -2.35. The van der Waals surface area contributed by atoms with Gasteiger partial charge in [-0.25, -0.2) is 4.98 Å². The van der Waals surface area contributed by atoms with Crippen molar-refractivity contribution < 1.29 is 9.21 Å². The molecular weight excluding hydrogens is 378 g/mol. The van der Waals surface area contributed by atoms with Gasteiger partial charge < -0.3 is 14.3 Å². The first-order chi connectivity index (χ1) is 14.6. The van der Waals surface area contributed by atoms with Crippen molar-refractivity contribution in [1.29, 1.82) is 0 Å². The number of rotatable bonds is 4. The zero-order valence-electron chi connectivity index (χ0n) is 17.0. The van der Waals surface area contributed by atoms with Crippen LogP contribution in [-0.2, 0) is 0 Å². The Hall–Kier alpha value is -3.48. The Morgan fingerprint density at radius 1 is 1.10 bits per heavy atom. The number of carbonyl (C=O) groups is 1. The van der Waals surface area contributed by atoms with Gasteiger partial charge in [-0.2, -0.15) is 0 Å².